The van der Waals surface area contributed by atoms with E-state index in [1.165, 1.54) is 25.9 Å². The van der Waals surface area contributed by atoms with E-state index in [-0.39, 0.29) is 0 Å². The Bertz CT molecular complexity index is 329. The van der Waals surface area contributed by atoms with Crippen LogP contribution in [0.3, 0.4) is 0 Å². The predicted octanol–water partition coefficient (Wildman–Crippen LogP) is 4.77. The first kappa shape index (κ1) is 21.1. The first-order valence-electron chi connectivity index (χ1n) is 9.41. The van der Waals surface area contributed by atoms with Crippen molar-refractivity contribution in [2.24, 2.45) is 0 Å². The fraction of sp³-hybridized carbons (Fsp3) is 1.00. The van der Waals surface area contributed by atoms with Crippen LogP contribution in [0.4, 0.5) is 0 Å². The van der Waals surface area contributed by atoms with Crippen LogP contribution >= 0.6 is 7.82 Å². The maximum Gasteiger partial charge on any atom is 0.474 e. The number of likely N-dealkylation sites (tertiary alicyclic amines) is 1. The van der Waals surface area contributed by atoms with Gasteiger partial charge < -0.3 is 4.48 Å². The minimum Gasteiger partial charge on any atom is -0.324 e. The molecule has 1 saturated heterocycles. The first-order valence-corrected chi connectivity index (χ1v) is 10.9. The molecule has 0 aromatic rings. The summed E-state index contributed by atoms with van der Waals surface area (Å²) in [6, 6.07) is 0. The number of hydrogen-bond donors (Lipinski definition) is 0. The third-order valence-electron chi connectivity index (χ3n) is 4.52. The van der Waals surface area contributed by atoms with Crippen molar-refractivity contribution in [1.29, 1.82) is 0 Å². The molecule has 6 heteroatoms. The topological polar surface area (TPSA) is 44.8 Å². The molecule has 0 saturated carbocycles. The van der Waals surface area contributed by atoms with Crippen molar-refractivity contribution < 1.29 is 22.6 Å². The number of phosphoric ester groups is 1. The van der Waals surface area contributed by atoms with E-state index in [1.54, 1.807) is 0 Å². The van der Waals surface area contributed by atoms with Crippen LogP contribution in [0.25, 0.3) is 0 Å². The third kappa shape index (κ3) is 9.21. The molecule has 1 aliphatic heterocycles. The van der Waals surface area contributed by atoms with Crippen LogP contribution in [0.2, 0.25) is 0 Å². The Morgan fingerprint density at radius 2 is 1.30 bits per heavy atom. The van der Waals surface area contributed by atoms with Gasteiger partial charge in [0.25, 0.3) is 0 Å². The minimum absolute atomic E-state index is 0.440. The molecule has 0 spiro atoms. The highest BCUT2D eigenvalue weighted by Gasteiger charge is 2.30. The highest BCUT2D eigenvalue weighted by Crippen LogP contribution is 2.49. The van der Waals surface area contributed by atoms with Gasteiger partial charge in [0, 0.05) is 12.8 Å². The lowest BCUT2D eigenvalue weighted by atomic mass is 10.3. The lowest BCUT2D eigenvalue weighted by Gasteiger charge is -2.29. The zero-order valence-electron chi connectivity index (χ0n) is 15.4. The smallest absolute Gasteiger partial charge is 0.324 e. The highest BCUT2D eigenvalue weighted by atomic mass is 31.2. The summed E-state index contributed by atoms with van der Waals surface area (Å²) in [6.45, 7) is 8.85. The molecule has 1 fully saturated rings. The molecule has 0 N–H and O–H groups in total. The lowest BCUT2D eigenvalue weighted by molar-refractivity contribution is -0.897. The molecule has 1 heterocycles. The molecule has 0 aromatic carbocycles. The number of hydrogen-bond acceptors (Lipinski definition) is 4. The predicted molar refractivity (Wildman–Crippen MR) is 94.5 cm³/mol. The van der Waals surface area contributed by atoms with Gasteiger partial charge in [-0.3, -0.25) is 13.6 Å². The second-order valence-electron chi connectivity index (χ2n) is 6.86. The van der Waals surface area contributed by atoms with Gasteiger partial charge in [-0.25, -0.2) is 4.57 Å². The second kappa shape index (κ2) is 11.6. The van der Waals surface area contributed by atoms with E-state index in [0.29, 0.717) is 19.8 Å². The van der Waals surface area contributed by atoms with Crippen molar-refractivity contribution in [3.8, 4) is 0 Å². The van der Waals surface area contributed by atoms with Crippen molar-refractivity contribution in [1.82, 2.24) is 0 Å². The molecule has 0 radical (unpaired) electrons. The molecule has 0 atom stereocenters. The summed E-state index contributed by atoms with van der Waals surface area (Å²) in [5, 5.41) is 0. The molecule has 0 aliphatic carbocycles. The number of quaternary nitrogens is 1. The molecule has 1 rings (SSSR count). The van der Waals surface area contributed by atoms with E-state index >= 15 is 0 Å². The van der Waals surface area contributed by atoms with Crippen LogP contribution in [0.15, 0.2) is 0 Å². The van der Waals surface area contributed by atoms with E-state index in [4.69, 9.17) is 13.6 Å². The third-order valence-corrected chi connectivity index (χ3v) is 6.02. The number of likely N-dealkylation sites (N-methyl/N-ethyl adjacent to an activating group) is 1. The molecule has 5 nitrogen and oxygen atoms in total. The van der Waals surface area contributed by atoms with Gasteiger partial charge in [0.05, 0.1) is 33.4 Å². The maximum absolute atomic E-state index is 12.7. The molecule has 0 aromatic heterocycles. The Hall–Kier alpha value is 0.0700. The van der Waals surface area contributed by atoms with Crippen LogP contribution in [0, 0.1) is 0 Å². The Labute approximate surface area is 142 Å². The minimum atomic E-state index is -3.40. The van der Waals surface area contributed by atoms with E-state index in [2.05, 4.69) is 20.9 Å². The average Bonchev–Trinajstić information content (AvgIpc) is 2.95. The zero-order valence-corrected chi connectivity index (χ0v) is 16.3. The normalized spacial score (nSPS) is 17.7. The summed E-state index contributed by atoms with van der Waals surface area (Å²) in [5.41, 5.74) is 0. The van der Waals surface area contributed by atoms with Crippen molar-refractivity contribution in [2.45, 2.75) is 65.2 Å². The van der Waals surface area contributed by atoms with Gasteiger partial charge in [-0.05, 0) is 12.8 Å². The summed E-state index contributed by atoms with van der Waals surface area (Å²) in [5.74, 6) is 0. The van der Waals surface area contributed by atoms with Crippen LogP contribution in [-0.2, 0) is 18.1 Å². The number of nitrogens with zero attached hydrogens (tertiary/aromatic N) is 1. The van der Waals surface area contributed by atoms with E-state index in [9.17, 15) is 4.57 Å². The molecular formula is C17H37NO4P+. The largest absolute Gasteiger partial charge is 0.474 e. The van der Waals surface area contributed by atoms with Gasteiger partial charge >= 0.3 is 7.82 Å². The summed E-state index contributed by atoms with van der Waals surface area (Å²) < 4.78 is 30.4. The SMILES string of the molecule is CCCCCOP(=O)(OCCCCC)OCC[N+]1(C)CCCC1. The second-order valence-corrected chi connectivity index (χ2v) is 8.53. The van der Waals surface area contributed by atoms with E-state index in [1.807, 2.05) is 0 Å². The fourth-order valence-electron chi connectivity index (χ4n) is 2.86. The first-order chi connectivity index (χ1) is 11.0. The molecule has 23 heavy (non-hydrogen) atoms. The van der Waals surface area contributed by atoms with Crippen LogP contribution in [0.5, 0.6) is 0 Å². The Kier molecular flexibility index (Phi) is 10.6. The van der Waals surface area contributed by atoms with Crippen molar-refractivity contribution in [2.75, 3.05) is 46.5 Å². The van der Waals surface area contributed by atoms with Gasteiger partial charge in [0.1, 0.15) is 13.2 Å². The standard InChI is InChI=1S/C17H37NO4P/c1-4-6-10-15-20-23(19,21-16-11-7-5-2)22-17-14-18(3)12-8-9-13-18/h4-17H2,1-3H3/q+1. The Morgan fingerprint density at radius 3 is 1.78 bits per heavy atom. The Morgan fingerprint density at radius 1 is 0.826 bits per heavy atom. The summed E-state index contributed by atoms with van der Waals surface area (Å²) >= 11 is 0. The van der Waals surface area contributed by atoms with Crippen LogP contribution < -0.4 is 0 Å². The van der Waals surface area contributed by atoms with E-state index < -0.39 is 7.82 Å². The summed E-state index contributed by atoms with van der Waals surface area (Å²) in [6.07, 6.45) is 8.72. The van der Waals surface area contributed by atoms with Crippen molar-refractivity contribution in [3.63, 3.8) is 0 Å². The van der Waals surface area contributed by atoms with Gasteiger partial charge in [0.15, 0.2) is 0 Å². The lowest BCUT2D eigenvalue weighted by Crippen LogP contribution is -2.43. The van der Waals surface area contributed by atoms with Crippen LogP contribution in [0.1, 0.15) is 65.2 Å². The number of phosphoric acid groups is 1. The van der Waals surface area contributed by atoms with Crippen LogP contribution in [-0.4, -0.2) is 51.0 Å². The fourth-order valence-corrected chi connectivity index (χ4v) is 4.10. The molecule has 138 valence electrons. The average molecular weight is 350 g/mol. The van der Waals surface area contributed by atoms with Gasteiger partial charge in [-0.1, -0.05) is 39.5 Å². The highest BCUT2D eigenvalue weighted by molar-refractivity contribution is 7.48. The summed E-state index contributed by atoms with van der Waals surface area (Å²) in [4.78, 5) is 0. The number of rotatable bonds is 14. The summed E-state index contributed by atoms with van der Waals surface area (Å²) in [7, 11) is -1.15. The van der Waals surface area contributed by atoms with Gasteiger partial charge in [-0.15, -0.1) is 0 Å². The van der Waals surface area contributed by atoms with Crippen molar-refractivity contribution >= 4 is 7.82 Å². The van der Waals surface area contributed by atoms with Gasteiger partial charge in [0.2, 0.25) is 0 Å². The Balaban J connectivity index is 2.36. The molecule has 0 amide bonds. The maximum atomic E-state index is 12.7. The zero-order chi connectivity index (χ0) is 17.0. The van der Waals surface area contributed by atoms with Gasteiger partial charge in [-0.2, -0.15) is 0 Å². The molecule has 0 unspecified atom stereocenters. The van der Waals surface area contributed by atoms with E-state index in [0.717, 1.165) is 49.6 Å². The van der Waals surface area contributed by atoms with Crippen molar-refractivity contribution in [3.05, 3.63) is 0 Å². The molecular weight excluding hydrogens is 313 g/mol. The quantitative estimate of drug-likeness (QED) is 0.257. The number of unbranched alkanes of at least 4 members (excludes halogenated alkanes) is 4. The molecule has 0 bridgehead atoms. The molecule has 1 aliphatic rings. The monoisotopic (exact) mass is 350 g/mol.